The molecule has 0 amide bonds. The summed E-state index contributed by atoms with van der Waals surface area (Å²) in [4.78, 5) is 0. The maximum Gasteiger partial charge on any atom is 0.281 e. The van der Waals surface area contributed by atoms with Gasteiger partial charge in [-0.2, -0.15) is 22.3 Å². The summed E-state index contributed by atoms with van der Waals surface area (Å²) in [5, 5.41) is 8.41. The Morgan fingerprint density at radius 2 is 2.07 bits per heavy atom. The van der Waals surface area contributed by atoms with Crippen molar-refractivity contribution in [3.8, 4) is 6.07 Å². The van der Waals surface area contributed by atoms with Crippen LogP contribution in [0.5, 0.6) is 0 Å². The van der Waals surface area contributed by atoms with Crippen molar-refractivity contribution in [2.24, 2.45) is 0 Å². The summed E-state index contributed by atoms with van der Waals surface area (Å²) in [7, 11) is -1.82. The molecule has 0 unspecified atom stereocenters. The molecule has 1 rings (SSSR count). The number of rotatable bonds is 6. The minimum Gasteiger partial charge on any atom is -0.198 e. The van der Waals surface area contributed by atoms with Gasteiger partial charge in [0.15, 0.2) is 0 Å². The minimum atomic E-state index is -3.34. The highest BCUT2D eigenvalue weighted by molar-refractivity contribution is 7.86. The van der Waals surface area contributed by atoms with Gasteiger partial charge in [0.2, 0.25) is 0 Å². The van der Waals surface area contributed by atoms with E-state index in [4.69, 9.17) is 5.26 Å². The average molecular weight is 231 g/mol. The van der Waals surface area contributed by atoms with Gasteiger partial charge in [-0.05, 0) is 12.8 Å². The van der Waals surface area contributed by atoms with Gasteiger partial charge < -0.3 is 0 Å². The van der Waals surface area contributed by atoms with Gasteiger partial charge in [-0.15, -0.1) is 0 Å². The van der Waals surface area contributed by atoms with E-state index < -0.39 is 10.2 Å². The molecule has 0 spiro atoms. The van der Waals surface area contributed by atoms with Gasteiger partial charge in [-0.1, -0.05) is 6.92 Å². The quantitative estimate of drug-likeness (QED) is 0.671. The van der Waals surface area contributed by atoms with Gasteiger partial charge in [-0.25, -0.2) is 0 Å². The summed E-state index contributed by atoms with van der Waals surface area (Å²) in [5.41, 5.74) is 0. The fourth-order valence-corrected chi connectivity index (χ4v) is 3.07. The van der Waals surface area contributed by atoms with E-state index in [0.29, 0.717) is 6.54 Å². The third-order valence-electron chi connectivity index (χ3n) is 2.49. The predicted octanol–water partition coefficient (Wildman–Crippen LogP) is 0.561. The Labute approximate surface area is 91.5 Å². The zero-order valence-corrected chi connectivity index (χ0v) is 10.00. The molecule has 0 saturated heterocycles. The van der Waals surface area contributed by atoms with Crippen LogP contribution < -0.4 is 0 Å². The fourth-order valence-electron chi connectivity index (χ4n) is 1.47. The molecule has 1 aliphatic carbocycles. The molecule has 86 valence electrons. The van der Waals surface area contributed by atoms with Crippen molar-refractivity contribution < 1.29 is 8.42 Å². The van der Waals surface area contributed by atoms with Crippen LogP contribution in [0.4, 0.5) is 0 Å². The van der Waals surface area contributed by atoms with Gasteiger partial charge in [-0.3, -0.25) is 0 Å². The number of nitriles is 1. The smallest absolute Gasteiger partial charge is 0.198 e. The Morgan fingerprint density at radius 3 is 2.47 bits per heavy atom. The lowest BCUT2D eigenvalue weighted by atomic mass is 10.5. The average Bonchev–Trinajstić information content (AvgIpc) is 2.98. The van der Waals surface area contributed by atoms with Crippen molar-refractivity contribution in [2.75, 3.05) is 20.1 Å². The van der Waals surface area contributed by atoms with Crippen LogP contribution in [0.1, 0.15) is 26.2 Å². The van der Waals surface area contributed by atoms with Crippen molar-refractivity contribution in [1.82, 2.24) is 8.61 Å². The van der Waals surface area contributed by atoms with Crippen LogP contribution in [0.25, 0.3) is 0 Å². The predicted molar refractivity (Wildman–Crippen MR) is 57.2 cm³/mol. The Hall–Kier alpha value is -0.640. The summed E-state index contributed by atoms with van der Waals surface area (Å²) in [6.45, 7) is 2.61. The zero-order valence-electron chi connectivity index (χ0n) is 9.18. The molecule has 0 N–H and O–H groups in total. The van der Waals surface area contributed by atoms with E-state index >= 15 is 0 Å². The minimum absolute atomic E-state index is 0.185. The summed E-state index contributed by atoms with van der Waals surface area (Å²) >= 11 is 0. The maximum absolute atomic E-state index is 12.0. The molecular formula is C9H17N3O2S. The highest BCUT2D eigenvalue weighted by Crippen LogP contribution is 2.29. The Bertz CT molecular complexity index is 343. The van der Waals surface area contributed by atoms with E-state index in [1.54, 1.807) is 0 Å². The molecule has 0 aromatic carbocycles. The lowest BCUT2D eigenvalue weighted by molar-refractivity contribution is 0.365. The first-order valence-electron chi connectivity index (χ1n) is 5.14. The molecule has 1 saturated carbocycles. The Kier molecular flexibility index (Phi) is 4.08. The van der Waals surface area contributed by atoms with E-state index in [1.165, 1.54) is 15.7 Å². The van der Waals surface area contributed by atoms with Crippen molar-refractivity contribution >= 4 is 10.2 Å². The number of hydrogen-bond acceptors (Lipinski definition) is 3. The fraction of sp³-hybridized carbons (Fsp3) is 0.889. The van der Waals surface area contributed by atoms with Gasteiger partial charge in [0.25, 0.3) is 10.2 Å². The first-order valence-corrected chi connectivity index (χ1v) is 6.53. The first-order chi connectivity index (χ1) is 7.04. The normalized spacial score (nSPS) is 17.0. The number of hydrogen-bond donors (Lipinski definition) is 0. The van der Waals surface area contributed by atoms with Gasteiger partial charge in [0.1, 0.15) is 0 Å². The van der Waals surface area contributed by atoms with Gasteiger partial charge in [0, 0.05) is 32.6 Å². The van der Waals surface area contributed by atoms with Crippen LogP contribution in [-0.2, 0) is 10.2 Å². The van der Waals surface area contributed by atoms with Crippen molar-refractivity contribution in [3.63, 3.8) is 0 Å². The van der Waals surface area contributed by atoms with Gasteiger partial charge >= 0.3 is 0 Å². The van der Waals surface area contributed by atoms with E-state index in [1.807, 2.05) is 13.0 Å². The van der Waals surface area contributed by atoms with Crippen molar-refractivity contribution in [2.45, 2.75) is 32.2 Å². The molecule has 0 heterocycles. The van der Waals surface area contributed by atoms with Crippen LogP contribution in [-0.4, -0.2) is 43.2 Å². The summed E-state index contributed by atoms with van der Waals surface area (Å²) in [5.74, 6) is 0. The molecule has 0 aliphatic heterocycles. The van der Waals surface area contributed by atoms with Crippen molar-refractivity contribution in [1.29, 1.82) is 5.26 Å². The maximum atomic E-state index is 12.0. The Morgan fingerprint density at radius 1 is 1.47 bits per heavy atom. The largest absolute Gasteiger partial charge is 0.281 e. The van der Waals surface area contributed by atoms with Crippen LogP contribution >= 0.6 is 0 Å². The van der Waals surface area contributed by atoms with E-state index in [-0.39, 0.29) is 19.0 Å². The summed E-state index contributed by atoms with van der Waals surface area (Å²) < 4.78 is 26.8. The zero-order chi connectivity index (χ0) is 11.5. The second kappa shape index (κ2) is 4.92. The summed E-state index contributed by atoms with van der Waals surface area (Å²) in [6.07, 6.45) is 2.15. The molecule has 0 radical (unpaired) electrons. The molecule has 6 heteroatoms. The molecule has 0 aromatic heterocycles. The van der Waals surface area contributed by atoms with Crippen molar-refractivity contribution in [3.05, 3.63) is 0 Å². The summed E-state index contributed by atoms with van der Waals surface area (Å²) in [6, 6.07) is 2.13. The van der Waals surface area contributed by atoms with Crippen LogP contribution in [0, 0.1) is 11.3 Å². The molecule has 1 aliphatic rings. The highest BCUT2D eigenvalue weighted by Gasteiger charge is 2.37. The topological polar surface area (TPSA) is 64.4 Å². The monoisotopic (exact) mass is 231 g/mol. The van der Waals surface area contributed by atoms with E-state index in [0.717, 1.165) is 12.8 Å². The molecule has 0 aromatic rings. The molecule has 0 atom stereocenters. The SMILES string of the molecule is CCN(C1CC1)S(=O)(=O)N(C)CCC#N. The standard InChI is InChI=1S/C9H17N3O2S/c1-3-12(9-5-6-9)15(13,14)11(2)8-4-7-10/h9H,3-6,8H2,1-2H3. The third-order valence-corrected chi connectivity index (χ3v) is 4.61. The van der Waals surface area contributed by atoms with Crippen LogP contribution in [0.15, 0.2) is 0 Å². The van der Waals surface area contributed by atoms with E-state index in [2.05, 4.69) is 0 Å². The molecule has 1 fully saturated rings. The molecular weight excluding hydrogens is 214 g/mol. The van der Waals surface area contributed by atoms with E-state index in [9.17, 15) is 8.42 Å². The molecule has 5 nitrogen and oxygen atoms in total. The molecule has 0 bridgehead atoms. The third kappa shape index (κ3) is 2.91. The highest BCUT2D eigenvalue weighted by atomic mass is 32.2. The first kappa shape index (κ1) is 12.4. The lowest BCUT2D eigenvalue weighted by Crippen LogP contribution is -2.43. The second-order valence-electron chi connectivity index (χ2n) is 3.67. The van der Waals surface area contributed by atoms with Gasteiger partial charge in [0.05, 0.1) is 6.07 Å². The second-order valence-corrected chi connectivity index (χ2v) is 5.66. The lowest BCUT2D eigenvalue weighted by Gasteiger charge is -2.25. The van der Waals surface area contributed by atoms with Crippen LogP contribution in [0.2, 0.25) is 0 Å². The molecule has 15 heavy (non-hydrogen) atoms. The Balaban J connectivity index is 2.67. The van der Waals surface area contributed by atoms with Crippen LogP contribution in [0.3, 0.4) is 0 Å². The number of nitrogens with zero attached hydrogens (tertiary/aromatic N) is 3.